The van der Waals surface area contributed by atoms with Gasteiger partial charge in [-0.05, 0) is 91.4 Å². The van der Waals surface area contributed by atoms with Crippen molar-refractivity contribution in [2.24, 2.45) is 0 Å². The van der Waals surface area contributed by atoms with Crippen molar-refractivity contribution in [2.45, 2.75) is 64.9 Å². The molecular formula is C38H43N3O7. The zero-order valence-electron chi connectivity index (χ0n) is 28.1. The normalized spacial score (nSPS) is 11.9. The predicted molar refractivity (Wildman–Crippen MR) is 185 cm³/mol. The fourth-order valence-corrected chi connectivity index (χ4v) is 5.35. The lowest BCUT2D eigenvalue weighted by atomic mass is 9.89. The molecule has 0 fully saturated rings. The number of nitrogens with one attached hydrogen (secondary N) is 1. The number of carbonyl (C=O) groups excluding carboxylic acids is 4. The molecule has 0 aliphatic rings. The number of carbonyl (C=O) groups is 4. The molecule has 0 aliphatic heterocycles. The molecule has 48 heavy (non-hydrogen) atoms. The summed E-state index contributed by atoms with van der Waals surface area (Å²) in [6.07, 6.45) is 1.49. The number of hydrogen-bond acceptors (Lipinski definition) is 8. The number of benzene rings is 3. The molecule has 0 saturated carbocycles. The van der Waals surface area contributed by atoms with E-state index < -0.39 is 23.6 Å². The summed E-state index contributed by atoms with van der Waals surface area (Å²) in [5, 5.41) is 14.6. The molecule has 4 aromatic rings. The van der Waals surface area contributed by atoms with Gasteiger partial charge in [0.2, 0.25) is 5.91 Å². The van der Waals surface area contributed by atoms with Gasteiger partial charge in [0.05, 0.1) is 20.1 Å². The number of ketones is 1. The lowest BCUT2D eigenvalue weighted by Gasteiger charge is -2.27. The van der Waals surface area contributed by atoms with Crippen LogP contribution in [0.5, 0.6) is 5.75 Å². The van der Waals surface area contributed by atoms with E-state index >= 15 is 0 Å². The number of phenols is 1. The zero-order chi connectivity index (χ0) is 34.8. The van der Waals surface area contributed by atoms with Gasteiger partial charge >= 0.3 is 12.1 Å². The van der Waals surface area contributed by atoms with Gasteiger partial charge in [-0.15, -0.1) is 0 Å². The number of amides is 2. The highest BCUT2D eigenvalue weighted by molar-refractivity contribution is 5.97. The maximum Gasteiger partial charge on any atom is 0.416 e. The quantitative estimate of drug-likeness (QED) is 0.150. The van der Waals surface area contributed by atoms with E-state index in [1.807, 2.05) is 61.5 Å². The number of ether oxygens (including phenoxy) is 2. The molecule has 1 atom stereocenters. The Balaban J connectivity index is 1.36. The number of Topliss-reactive ketones (excluding diaryl/α,β-unsaturated/α-hetero) is 1. The Labute approximate surface area is 281 Å². The SMILES string of the molecule is COC(=O)C[C@H](CC(=O)CNC(=O)CCCN(C(=O)OC(C)(C)C)c1cc(C)ccn1)c1ccc(-c2cccc3ccc(O)cc23)cc1. The van der Waals surface area contributed by atoms with Crippen molar-refractivity contribution in [3.8, 4) is 16.9 Å². The fourth-order valence-electron chi connectivity index (χ4n) is 5.35. The molecule has 252 valence electrons. The maximum absolute atomic E-state index is 13.0. The average Bonchev–Trinajstić information content (AvgIpc) is 3.04. The van der Waals surface area contributed by atoms with Crippen LogP contribution in [-0.4, -0.2) is 59.6 Å². The number of aryl methyl sites for hydroxylation is 1. The number of aromatic nitrogens is 1. The Morgan fingerprint density at radius 3 is 2.40 bits per heavy atom. The van der Waals surface area contributed by atoms with Gasteiger partial charge in [0.1, 0.15) is 17.2 Å². The van der Waals surface area contributed by atoms with Gasteiger partial charge < -0.3 is 19.9 Å². The number of pyridine rings is 1. The Bertz CT molecular complexity index is 1760. The van der Waals surface area contributed by atoms with Crippen molar-refractivity contribution in [3.05, 3.63) is 90.1 Å². The Kier molecular flexibility index (Phi) is 11.9. The van der Waals surface area contributed by atoms with Crippen LogP contribution in [-0.2, 0) is 23.9 Å². The summed E-state index contributed by atoms with van der Waals surface area (Å²) in [5.41, 5.74) is 2.89. The van der Waals surface area contributed by atoms with E-state index in [-0.39, 0.29) is 49.8 Å². The fraction of sp³-hybridized carbons (Fsp3) is 0.342. The molecule has 0 radical (unpaired) electrons. The largest absolute Gasteiger partial charge is 0.508 e. The minimum Gasteiger partial charge on any atom is -0.508 e. The van der Waals surface area contributed by atoms with E-state index in [9.17, 15) is 24.3 Å². The Morgan fingerprint density at radius 1 is 0.958 bits per heavy atom. The van der Waals surface area contributed by atoms with Gasteiger partial charge in [-0.25, -0.2) is 9.78 Å². The molecule has 1 heterocycles. The number of anilines is 1. The van der Waals surface area contributed by atoms with Crippen molar-refractivity contribution < 1.29 is 33.8 Å². The first kappa shape index (κ1) is 35.6. The molecule has 2 N–H and O–H groups in total. The van der Waals surface area contributed by atoms with Crippen molar-refractivity contribution >= 4 is 40.3 Å². The summed E-state index contributed by atoms with van der Waals surface area (Å²) in [7, 11) is 1.30. The van der Waals surface area contributed by atoms with E-state index in [2.05, 4.69) is 10.3 Å². The molecule has 2 amide bonds. The average molecular weight is 654 g/mol. The van der Waals surface area contributed by atoms with Crippen molar-refractivity contribution in [1.82, 2.24) is 10.3 Å². The van der Waals surface area contributed by atoms with Gasteiger partial charge in [0.15, 0.2) is 5.78 Å². The molecule has 4 rings (SSSR count). The van der Waals surface area contributed by atoms with E-state index in [1.54, 1.807) is 45.2 Å². The van der Waals surface area contributed by atoms with E-state index in [0.29, 0.717) is 12.2 Å². The third-order valence-corrected chi connectivity index (χ3v) is 7.73. The minimum absolute atomic E-state index is 0.00513. The number of fused-ring (bicyclic) bond motifs is 1. The number of esters is 1. The maximum atomic E-state index is 13.0. The summed E-state index contributed by atoms with van der Waals surface area (Å²) in [4.78, 5) is 56.6. The molecule has 0 bridgehead atoms. The van der Waals surface area contributed by atoms with Gasteiger partial charge in [0, 0.05) is 31.5 Å². The number of aromatic hydroxyl groups is 1. The first-order chi connectivity index (χ1) is 22.8. The van der Waals surface area contributed by atoms with Gasteiger partial charge in [-0.1, -0.05) is 48.5 Å². The minimum atomic E-state index is -0.702. The van der Waals surface area contributed by atoms with Gasteiger partial charge in [0.25, 0.3) is 0 Å². The predicted octanol–water partition coefficient (Wildman–Crippen LogP) is 6.86. The standard InChI is InChI=1S/C38H43N3O7/c1-25-17-18-39-34(20-25)41(37(46)48-38(2,3)4)19-7-10-35(44)40-24-31(43)21-29(22-36(45)47-5)26-11-13-28(14-12-26)32-9-6-8-27-15-16-30(42)23-33(27)32/h6,8-9,11-18,20,23,29,42H,7,10,19,21-22,24H2,1-5H3,(H,40,44)/t29-/m0/s1. The second kappa shape index (κ2) is 16.0. The van der Waals surface area contributed by atoms with Crippen molar-refractivity contribution in [1.29, 1.82) is 0 Å². The van der Waals surface area contributed by atoms with Crippen molar-refractivity contribution in [2.75, 3.05) is 25.1 Å². The Morgan fingerprint density at radius 2 is 1.71 bits per heavy atom. The number of methoxy groups -OCH3 is 1. The Hall–Kier alpha value is -5.25. The van der Waals surface area contributed by atoms with Crippen LogP contribution in [0.4, 0.5) is 10.6 Å². The summed E-state index contributed by atoms with van der Waals surface area (Å²) < 4.78 is 10.4. The lowest BCUT2D eigenvalue weighted by Crippen LogP contribution is -2.38. The number of phenolic OH excluding ortho intramolecular Hbond substituents is 1. The third kappa shape index (κ3) is 10.1. The van der Waals surface area contributed by atoms with Crippen molar-refractivity contribution in [3.63, 3.8) is 0 Å². The summed E-state index contributed by atoms with van der Waals surface area (Å²) in [6.45, 7) is 7.24. The van der Waals surface area contributed by atoms with Crippen LogP contribution >= 0.6 is 0 Å². The smallest absolute Gasteiger partial charge is 0.416 e. The van der Waals surface area contributed by atoms with Crippen LogP contribution in [0.25, 0.3) is 21.9 Å². The zero-order valence-corrected chi connectivity index (χ0v) is 28.1. The first-order valence-corrected chi connectivity index (χ1v) is 15.9. The molecule has 3 aromatic carbocycles. The summed E-state index contributed by atoms with van der Waals surface area (Å²) in [5.74, 6) is -0.844. The highest BCUT2D eigenvalue weighted by atomic mass is 16.6. The summed E-state index contributed by atoms with van der Waals surface area (Å²) >= 11 is 0. The van der Waals surface area contributed by atoms with Gasteiger partial charge in [-0.3, -0.25) is 19.3 Å². The van der Waals surface area contributed by atoms with Crippen LogP contribution in [0.1, 0.15) is 63.5 Å². The third-order valence-electron chi connectivity index (χ3n) is 7.73. The van der Waals surface area contributed by atoms with Crippen LogP contribution in [0.2, 0.25) is 0 Å². The van der Waals surface area contributed by atoms with E-state index in [1.165, 1.54) is 12.0 Å². The first-order valence-electron chi connectivity index (χ1n) is 15.9. The number of hydrogen-bond donors (Lipinski definition) is 2. The molecule has 1 aromatic heterocycles. The molecule has 0 aliphatic carbocycles. The highest BCUT2D eigenvalue weighted by Crippen LogP contribution is 2.33. The topological polar surface area (TPSA) is 135 Å². The van der Waals surface area contributed by atoms with Crippen LogP contribution in [0, 0.1) is 6.92 Å². The van der Waals surface area contributed by atoms with Gasteiger partial charge in [-0.2, -0.15) is 0 Å². The number of rotatable bonds is 13. The molecule has 0 saturated heterocycles. The molecular weight excluding hydrogens is 610 g/mol. The number of nitrogens with zero attached hydrogens (tertiary/aromatic N) is 2. The molecule has 0 unspecified atom stereocenters. The highest BCUT2D eigenvalue weighted by Gasteiger charge is 2.25. The summed E-state index contributed by atoms with van der Waals surface area (Å²) in [6, 6.07) is 22.4. The molecule has 10 nitrogen and oxygen atoms in total. The van der Waals surface area contributed by atoms with E-state index in [4.69, 9.17) is 9.47 Å². The van der Waals surface area contributed by atoms with Crippen LogP contribution in [0.15, 0.2) is 79.0 Å². The lowest BCUT2D eigenvalue weighted by molar-refractivity contribution is -0.141. The monoisotopic (exact) mass is 653 g/mol. The second-order valence-corrected chi connectivity index (χ2v) is 12.8. The van der Waals surface area contributed by atoms with E-state index in [0.717, 1.165) is 33.0 Å². The molecule has 10 heteroatoms. The second-order valence-electron chi connectivity index (χ2n) is 12.8. The molecule has 0 spiro atoms. The van der Waals surface area contributed by atoms with Crippen LogP contribution < -0.4 is 10.2 Å². The van der Waals surface area contributed by atoms with Crippen LogP contribution in [0.3, 0.4) is 0 Å².